The van der Waals surface area contributed by atoms with Crippen molar-refractivity contribution >= 4 is 32.2 Å². The highest BCUT2D eigenvalue weighted by Gasteiger charge is 2.20. The van der Waals surface area contributed by atoms with Gasteiger partial charge >= 0.3 is 0 Å². The van der Waals surface area contributed by atoms with Crippen LogP contribution in [0.3, 0.4) is 0 Å². The molecule has 9 heteroatoms. The standard InChI is InChI=1S/C18H12BrN7S/c1-11-15(20-24-25(11)14-10-6-5-9-13(14)19)17-23-26-16(21-22-18(26)27-17)12-7-3-2-4-8-12/h2-10H,1H3. The summed E-state index contributed by atoms with van der Waals surface area (Å²) in [6.07, 6.45) is 0. The molecule has 0 bridgehead atoms. The van der Waals surface area contributed by atoms with E-state index < -0.39 is 0 Å². The van der Waals surface area contributed by atoms with Crippen LogP contribution >= 0.6 is 27.3 Å². The molecule has 3 heterocycles. The normalized spacial score (nSPS) is 11.3. The molecule has 132 valence electrons. The summed E-state index contributed by atoms with van der Waals surface area (Å²) >= 11 is 5.01. The average molecular weight is 438 g/mol. The van der Waals surface area contributed by atoms with Gasteiger partial charge in [-0.3, -0.25) is 0 Å². The first kappa shape index (κ1) is 16.3. The van der Waals surface area contributed by atoms with Crippen LogP contribution in [0.1, 0.15) is 5.69 Å². The van der Waals surface area contributed by atoms with Gasteiger partial charge in [-0.05, 0) is 35.0 Å². The molecule has 7 nitrogen and oxygen atoms in total. The van der Waals surface area contributed by atoms with Gasteiger partial charge in [-0.25, -0.2) is 4.68 Å². The third-order valence-electron chi connectivity index (χ3n) is 4.20. The Hall–Kier alpha value is -2.91. The van der Waals surface area contributed by atoms with Gasteiger partial charge < -0.3 is 0 Å². The highest BCUT2D eigenvalue weighted by molar-refractivity contribution is 9.10. The Kier molecular flexibility index (Phi) is 3.83. The highest BCUT2D eigenvalue weighted by Crippen LogP contribution is 2.30. The zero-order chi connectivity index (χ0) is 18.4. The van der Waals surface area contributed by atoms with Gasteiger partial charge in [-0.1, -0.05) is 59.0 Å². The lowest BCUT2D eigenvalue weighted by atomic mass is 10.2. The second-order valence-corrected chi connectivity index (χ2v) is 7.69. The minimum Gasteiger partial charge on any atom is -0.216 e. The fourth-order valence-electron chi connectivity index (χ4n) is 2.86. The van der Waals surface area contributed by atoms with Crippen LogP contribution in [-0.2, 0) is 0 Å². The van der Waals surface area contributed by atoms with Crippen LogP contribution in [0.5, 0.6) is 0 Å². The molecule has 0 spiro atoms. The van der Waals surface area contributed by atoms with E-state index in [-0.39, 0.29) is 0 Å². The van der Waals surface area contributed by atoms with Gasteiger partial charge in [0.15, 0.2) is 10.8 Å². The van der Waals surface area contributed by atoms with Crippen LogP contribution in [-0.4, -0.2) is 34.8 Å². The lowest BCUT2D eigenvalue weighted by Crippen LogP contribution is -2.00. The summed E-state index contributed by atoms with van der Waals surface area (Å²) in [6, 6.07) is 17.8. The molecule has 0 N–H and O–H groups in total. The predicted octanol–water partition coefficient (Wildman–Crippen LogP) is 4.17. The van der Waals surface area contributed by atoms with Crippen molar-refractivity contribution in [1.82, 2.24) is 34.8 Å². The molecule has 2 aromatic carbocycles. The molecule has 0 amide bonds. The van der Waals surface area contributed by atoms with E-state index in [0.717, 1.165) is 37.1 Å². The molecule has 5 rings (SSSR count). The van der Waals surface area contributed by atoms with E-state index >= 15 is 0 Å². The number of hydrogen-bond acceptors (Lipinski definition) is 6. The van der Waals surface area contributed by atoms with Gasteiger partial charge in [0, 0.05) is 10.0 Å². The zero-order valence-electron chi connectivity index (χ0n) is 14.1. The van der Waals surface area contributed by atoms with Crippen molar-refractivity contribution in [2.45, 2.75) is 6.92 Å². The summed E-state index contributed by atoms with van der Waals surface area (Å²) < 4.78 is 4.51. The number of rotatable bonds is 3. The second kappa shape index (κ2) is 6.36. The molecule has 0 fully saturated rings. The maximum Gasteiger partial charge on any atom is 0.235 e. The third-order valence-corrected chi connectivity index (χ3v) is 5.78. The fraction of sp³-hybridized carbons (Fsp3) is 0.0556. The van der Waals surface area contributed by atoms with Crippen LogP contribution in [0.2, 0.25) is 0 Å². The Morgan fingerprint density at radius 2 is 1.70 bits per heavy atom. The van der Waals surface area contributed by atoms with Gasteiger partial charge in [-0.2, -0.15) is 9.61 Å². The first-order chi connectivity index (χ1) is 13.2. The van der Waals surface area contributed by atoms with E-state index in [4.69, 9.17) is 5.10 Å². The van der Waals surface area contributed by atoms with Crippen molar-refractivity contribution in [1.29, 1.82) is 0 Å². The minimum atomic E-state index is 0.712. The summed E-state index contributed by atoms with van der Waals surface area (Å²) in [6.45, 7) is 1.98. The molecule has 5 aromatic rings. The SMILES string of the molecule is Cc1c(-c2nn3c(-c4ccccc4)nnc3s2)nnn1-c1ccccc1Br. The Balaban J connectivity index is 1.61. The van der Waals surface area contributed by atoms with Crippen LogP contribution in [0, 0.1) is 6.92 Å². The molecule has 0 unspecified atom stereocenters. The monoisotopic (exact) mass is 437 g/mol. The first-order valence-corrected chi connectivity index (χ1v) is 9.78. The van der Waals surface area contributed by atoms with Crippen molar-refractivity contribution in [3.05, 3.63) is 64.8 Å². The summed E-state index contributed by atoms with van der Waals surface area (Å²) in [5, 5.41) is 22.6. The number of halogens is 1. The molecule has 0 aliphatic rings. The Morgan fingerprint density at radius 1 is 0.926 bits per heavy atom. The van der Waals surface area contributed by atoms with Crippen LogP contribution in [0.4, 0.5) is 0 Å². The third kappa shape index (κ3) is 2.66. The Morgan fingerprint density at radius 3 is 2.52 bits per heavy atom. The van der Waals surface area contributed by atoms with E-state index in [1.54, 1.807) is 9.20 Å². The lowest BCUT2D eigenvalue weighted by molar-refractivity contribution is 0.782. The second-order valence-electron chi connectivity index (χ2n) is 5.88. The molecule has 0 aliphatic heterocycles. The highest BCUT2D eigenvalue weighted by atomic mass is 79.9. The predicted molar refractivity (Wildman–Crippen MR) is 107 cm³/mol. The quantitative estimate of drug-likeness (QED) is 0.423. The Labute approximate surface area is 166 Å². The van der Waals surface area contributed by atoms with Crippen molar-refractivity contribution in [2.75, 3.05) is 0 Å². The van der Waals surface area contributed by atoms with Crippen LogP contribution in [0.25, 0.3) is 32.7 Å². The van der Waals surface area contributed by atoms with Crippen molar-refractivity contribution in [3.8, 4) is 27.8 Å². The van der Waals surface area contributed by atoms with E-state index in [9.17, 15) is 0 Å². The fourth-order valence-corrected chi connectivity index (χ4v) is 4.19. The number of aromatic nitrogens is 7. The van der Waals surface area contributed by atoms with Crippen molar-refractivity contribution in [3.63, 3.8) is 0 Å². The number of hydrogen-bond donors (Lipinski definition) is 0. The number of para-hydroxylation sites is 1. The maximum absolute atomic E-state index is 4.69. The molecule has 27 heavy (non-hydrogen) atoms. The molecule has 3 aromatic heterocycles. The van der Waals surface area contributed by atoms with Gasteiger partial charge in [0.05, 0.1) is 11.4 Å². The molecular weight excluding hydrogens is 426 g/mol. The molecule has 0 radical (unpaired) electrons. The largest absolute Gasteiger partial charge is 0.235 e. The zero-order valence-corrected chi connectivity index (χ0v) is 16.5. The molecule has 0 atom stereocenters. The number of benzene rings is 2. The molecule has 0 saturated heterocycles. The van der Waals surface area contributed by atoms with E-state index in [2.05, 4.69) is 36.4 Å². The van der Waals surface area contributed by atoms with Gasteiger partial charge in [0.25, 0.3) is 0 Å². The van der Waals surface area contributed by atoms with Gasteiger partial charge in [0.2, 0.25) is 4.96 Å². The molecular formula is C18H12BrN7S. The van der Waals surface area contributed by atoms with Crippen molar-refractivity contribution < 1.29 is 0 Å². The lowest BCUT2D eigenvalue weighted by Gasteiger charge is -2.05. The van der Waals surface area contributed by atoms with Crippen LogP contribution in [0.15, 0.2) is 59.1 Å². The summed E-state index contributed by atoms with van der Waals surface area (Å²) in [7, 11) is 0. The maximum atomic E-state index is 4.69. The van der Waals surface area contributed by atoms with Gasteiger partial charge in [0.1, 0.15) is 5.69 Å². The van der Waals surface area contributed by atoms with E-state index in [1.807, 2.05) is 61.5 Å². The molecule has 0 saturated carbocycles. The van der Waals surface area contributed by atoms with E-state index in [1.165, 1.54) is 11.3 Å². The summed E-state index contributed by atoms with van der Waals surface area (Å²) in [5.74, 6) is 0.712. The summed E-state index contributed by atoms with van der Waals surface area (Å²) in [4.78, 5) is 0.721. The first-order valence-electron chi connectivity index (χ1n) is 8.17. The van der Waals surface area contributed by atoms with Crippen molar-refractivity contribution in [2.24, 2.45) is 0 Å². The number of fused-ring (bicyclic) bond motifs is 1. The Bertz CT molecular complexity index is 1260. The topological polar surface area (TPSA) is 73.8 Å². The van der Waals surface area contributed by atoms with Crippen LogP contribution < -0.4 is 0 Å². The van der Waals surface area contributed by atoms with Gasteiger partial charge in [-0.15, -0.1) is 15.3 Å². The van der Waals surface area contributed by atoms with E-state index in [0.29, 0.717) is 5.82 Å². The summed E-state index contributed by atoms with van der Waals surface area (Å²) in [5.41, 5.74) is 3.55. The number of nitrogens with zero attached hydrogens (tertiary/aromatic N) is 7. The average Bonchev–Trinajstić information content (AvgIpc) is 3.37. The minimum absolute atomic E-state index is 0.712. The molecule has 0 aliphatic carbocycles. The smallest absolute Gasteiger partial charge is 0.216 e.